The molecule has 1 nitrogen and oxygen atoms in total. The van der Waals surface area contributed by atoms with E-state index in [1.165, 1.54) is 18.4 Å². The first-order valence-corrected chi connectivity index (χ1v) is 7.23. The Morgan fingerprint density at radius 1 is 1.17 bits per heavy atom. The van der Waals surface area contributed by atoms with Crippen molar-refractivity contribution >= 4 is 5.78 Å². The van der Waals surface area contributed by atoms with Crippen LogP contribution in [0.2, 0.25) is 0 Å². The maximum Gasteiger partial charge on any atom is 0.152 e. The quantitative estimate of drug-likeness (QED) is 0.428. The summed E-state index contributed by atoms with van der Waals surface area (Å²) >= 11 is 0. The Kier molecular flexibility index (Phi) is 8.70. The van der Waals surface area contributed by atoms with E-state index in [1.807, 2.05) is 0 Å². The maximum atomic E-state index is 11.0. The molecule has 104 valence electrons. The minimum absolute atomic E-state index is 0.150. The maximum absolute atomic E-state index is 11.0. The molecule has 0 heterocycles. The van der Waals surface area contributed by atoms with E-state index < -0.39 is 0 Å². The zero-order chi connectivity index (χ0) is 14.1. The molecule has 0 radical (unpaired) electrons. The third-order valence-electron chi connectivity index (χ3n) is 3.65. The van der Waals surface area contributed by atoms with Gasteiger partial charge in [0.25, 0.3) is 0 Å². The van der Waals surface area contributed by atoms with Crippen LogP contribution in [0.25, 0.3) is 0 Å². The number of hydrogen-bond acceptors (Lipinski definition) is 1. The summed E-state index contributed by atoms with van der Waals surface area (Å²) in [5.74, 6) is 1.91. The van der Waals surface area contributed by atoms with E-state index in [9.17, 15) is 4.79 Å². The molecule has 0 aliphatic carbocycles. The monoisotopic (exact) mass is 250 g/mol. The zero-order valence-corrected chi connectivity index (χ0v) is 13.0. The molecule has 0 aromatic rings. The summed E-state index contributed by atoms with van der Waals surface area (Å²) in [5.41, 5.74) is 1.47. The lowest BCUT2D eigenvalue weighted by Gasteiger charge is -2.19. The fourth-order valence-electron chi connectivity index (χ4n) is 1.95. The molecule has 2 unspecified atom stereocenters. The predicted molar refractivity (Wildman–Crippen MR) is 80.6 cm³/mol. The van der Waals surface area contributed by atoms with E-state index in [-0.39, 0.29) is 5.78 Å². The van der Waals surface area contributed by atoms with Gasteiger partial charge in [-0.05, 0) is 50.5 Å². The molecule has 0 amide bonds. The molecule has 0 fully saturated rings. The number of ketones is 1. The Morgan fingerprint density at radius 2 is 1.78 bits per heavy atom. The van der Waals surface area contributed by atoms with Gasteiger partial charge in [0.05, 0.1) is 0 Å². The largest absolute Gasteiger partial charge is 0.295 e. The third-order valence-corrected chi connectivity index (χ3v) is 3.65. The molecule has 0 aromatic heterocycles. The van der Waals surface area contributed by atoms with Crippen LogP contribution in [0.5, 0.6) is 0 Å². The average Bonchev–Trinajstić information content (AvgIpc) is 2.30. The fourth-order valence-corrected chi connectivity index (χ4v) is 1.95. The molecule has 1 heteroatoms. The van der Waals surface area contributed by atoms with Crippen LogP contribution in [0.4, 0.5) is 0 Å². The van der Waals surface area contributed by atoms with Gasteiger partial charge >= 0.3 is 0 Å². The molecule has 0 saturated carbocycles. The van der Waals surface area contributed by atoms with E-state index in [4.69, 9.17) is 0 Å². The lowest BCUT2D eigenvalue weighted by Crippen LogP contribution is -2.09. The predicted octanol–water partition coefficient (Wildman–Crippen LogP) is 5.18. The summed E-state index contributed by atoms with van der Waals surface area (Å²) in [7, 11) is 0. The van der Waals surface area contributed by atoms with Crippen molar-refractivity contribution in [1.29, 1.82) is 0 Å². The summed E-state index contributed by atoms with van der Waals surface area (Å²) in [6.07, 6.45) is 9.64. The Balaban J connectivity index is 4.52. The van der Waals surface area contributed by atoms with Crippen molar-refractivity contribution in [2.75, 3.05) is 0 Å². The molecular weight excluding hydrogens is 220 g/mol. The lowest BCUT2D eigenvalue weighted by atomic mass is 9.86. The van der Waals surface area contributed by atoms with Crippen molar-refractivity contribution in [3.8, 4) is 0 Å². The number of hydrogen-bond donors (Lipinski definition) is 0. The third kappa shape index (κ3) is 7.47. The van der Waals surface area contributed by atoms with Gasteiger partial charge in [-0.15, -0.1) is 0 Å². The number of allylic oxidation sites excluding steroid dienone is 4. The van der Waals surface area contributed by atoms with E-state index in [0.29, 0.717) is 17.8 Å². The molecule has 2 atom stereocenters. The van der Waals surface area contributed by atoms with Crippen molar-refractivity contribution in [3.05, 3.63) is 23.8 Å². The number of carbonyl (C=O) groups excluding carboxylic acids is 1. The van der Waals surface area contributed by atoms with E-state index >= 15 is 0 Å². The number of carbonyl (C=O) groups is 1. The van der Waals surface area contributed by atoms with E-state index in [1.54, 1.807) is 13.0 Å². The first-order valence-electron chi connectivity index (χ1n) is 7.23. The SMILES string of the molecule is CCCC(/C=C\C(C)=O)C(C)C/C=C(/C)C(C)C. The van der Waals surface area contributed by atoms with Crippen molar-refractivity contribution < 1.29 is 4.79 Å². The van der Waals surface area contributed by atoms with Crippen molar-refractivity contribution in [1.82, 2.24) is 0 Å². The first-order chi connectivity index (χ1) is 8.38. The first kappa shape index (κ1) is 17.2. The molecule has 0 spiro atoms. The highest BCUT2D eigenvalue weighted by molar-refractivity contribution is 5.87. The molecule has 18 heavy (non-hydrogen) atoms. The second-order valence-electron chi connectivity index (χ2n) is 5.74. The smallest absolute Gasteiger partial charge is 0.152 e. The fraction of sp³-hybridized carbons (Fsp3) is 0.706. The van der Waals surface area contributed by atoms with Crippen LogP contribution in [-0.2, 0) is 4.79 Å². The van der Waals surface area contributed by atoms with E-state index in [0.717, 1.165) is 6.42 Å². The van der Waals surface area contributed by atoms with Crippen LogP contribution in [0.1, 0.15) is 60.8 Å². The van der Waals surface area contributed by atoms with Crippen molar-refractivity contribution in [3.63, 3.8) is 0 Å². The molecule has 0 saturated heterocycles. The standard InChI is InChI=1S/C17H30O/c1-7-8-17(12-11-16(6)18)15(5)10-9-14(4)13(2)3/h9,11-13,15,17H,7-8,10H2,1-6H3/b12-11-,14-9-. The summed E-state index contributed by atoms with van der Waals surface area (Å²) < 4.78 is 0. The Labute approximate surface area is 113 Å². The highest BCUT2D eigenvalue weighted by Crippen LogP contribution is 2.24. The Morgan fingerprint density at radius 3 is 2.22 bits per heavy atom. The van der Waals surface area contributed by atoms with Crippen LogP contribution >= 0.6 is 0 Å². The molecule has 0 aromatic carbocycles. The van der Waals surface area contributed by atoms with Crippen molar-refractivity contribution in [2.45, 2.75) is 60.8 Å². The van der Waals surface area contributed by atoms with Gasteiger partial charge in [0.1, 0.15) is 0 Å². The second-order valence-corrected chi connectivity index (χ2v) is 5.74. The minimum atomic E-state index is 0.150. The van der Waals surface area contributed by atoms with Crippen molar-refractivity contribution in [2.24, 2.45) is 17.8 Å². The van der Waals surface area contributed by atoms with Crippen LogP contribution in [0, 0.1) is 17.8 Å². The molecule has 0 rings (SSSR count). The van der Waals surface area contributed by atoms with Crippen LogP contribution in [0.15, 0.2) is 23.8 Å². The van der Waals surface area contributed by atoms with Crippen LogP contribution in [-0.4, -0.2) is 5.78 Å². The average molecular weight is 250 g/mol. The summed E-state index contributed by atoms with van der Waals surface area (Å²) in [5, 5.41) is 0. The van der Waals surface area contributed by atoms with Crippen LogP contribution in [0.3, 0.4) is 0 Å². The summed E-state index contributed by atoms with van der Waals surface area (Å²) in [4.78, 5) is 11.0. The van der Waals surface area contributed by atoms with Gasteiger partial charge in [-0.3, -0.25) is 4.79 Å². The minimum Gasteiger partial charge on any atom is -0.295 e. The van der Waals surface area contributed by atoms with Gasteiger partial charge in [-0.25, -0.2) is 0 Å². The van der Waals surface area contributed by atoms with Gasteiger partial charge in [-0.1, -0.05) is 51.8 Å². The van der Waals surface area contributed by atoms with Gasteiger partial charge in [0.2, 0.25) is 0 Å². The molecule has 0 aliphatic heterocycles. The highest BCUT2D eigenvalue weighted by Gasteiger charge is 2.13. The normalized spacial score (nSPS) is 16.3. The molecule has 0 aliphatic rings. The topological polar surface area (TPSA) is 17.1 Å². The number of rotatable bonds is 8. The molecule has 0 N–H and O–H groups in total. The van der Waals surface area contributed by atoms with Crippen LogP contribution < -0.4 is 0 Å². The molecule has 0 bridgehead atoms. The highest BCUT2D eigenvalue weighted by atomic mass is 16.1. The van der Waals surface area contributed by atoms with Gasteiger partial charge < -0.3 is 0 Å². The molecular formula is C17H30O. The Hall–Kier alpha value is -0.850. The lowest BCUT2D eigenvalue weighted by molar-refractivity contribution is -0.112. The summed E-state index contributed by atoms with van der Waals surface area (Å²) in [6.45, 7) is 12.8. The zero-order valence-electron chi connectivity index (χ0n) is 13.0. The summed E-state index contributed by atoms with van der Waals surface area (Å²) in [6, 6.07) is 0. The second kappa shape index (κ2) is 9.13. The Bertz CT molecular complexity index is 297. The van der Waals surface area contributed by atoms with E-state index in [2.05, 4.69) is 46.8 Å². The van der Waals surface area contributed by atoms with Gasteiger partial charge in [-0.2, -0.15) is 0 Å². The van der Waals surface area contributed by atoms with Gasteiger partial charge in [0, 0.05) is 0 Å². The van der Waals surface area contributed by atoms with Gasteiger partial charge in [0.15, 0.2) is 5.78 Å².